The Balaban J connectivity index is 1.49. The van der Waals surface area contributed by atoms with E-state index >= 15 is 0 Å². The Bertz CT molecular complexity index is 1290. The number of aromatic nitrogens is 1. The van der Waals surface area contributed by atoms with Crippen molar-refractivity contribution in [1.82, 2.24) is 5.16 Å². The Morgan fingerprint density at radius 1 is 1.06 bits per heavy atom. The van der Waals surface area contributed by atoms with Crippen molar-refractivity contribution in [2.75, 3.05) is 10.0 Å². The molecule has 0 radical (unpaired) electrons. The van der Waals surface area contributed by atoms with E-state index in [0.29, 0.717) is 22.8 Å². The predicted octanol–water partition coefficient (Wildman–Crippen LogP) is 4.92. The Morgan fingerprint density at radius 3 is 2.47 bits per heavy atom. The Kier molecular flexibility index (Phi) is 5.88. The topological polar surface area (TPSA) is 101 Å². The van der Waals surface area contributed by atoms with E-state index in [2.05, 4.69) is 15.2 Å². The molecule has 7 nitrogen and oxygen atoms in total. The summed E-state index contributed by atoms with van der Waals surface area (Å²) in [5.41, 5.74) is 4.35. The summed E-state index contributed by atoms with van der Waals surface area (Å²) in [5, 5.41) is 6.82. The molecule has 32 heavy (non-hydrogen) atoms. The summed E-state index contributed by atoms with van der Waals surface area (Å²) < 4.78 is 33.5. The molecule has 1 aliphatic rings. The molecule has 4 rings (SSSR count). The van der Waals surface area contributed by atoms with Crippen LogP contribution in [0.2, 0.25) is 0 Å². The highest BCUT2D eigenvalue weighted by molar-refractivity contribution is 7.92. The van der Waals surface area contributed by atoms with E-state index in [4.69, 9.17) is 4.52 Å². The maximum atomic E-state index is 12.8. The lowest BCUT2D eigenvalue weighted by molar-refractivity contribution is -0.117. The number of amides is 1. The number of sulfonamides is 1. The van der Waals surface area contributed by atoms with Crippen LogP contribution in [0.4, 0.5) is 11.4 Å². The molecule has 0 bridgehead atoms. The molecule has 1 saturated carbocycles. The zero-order valence-corrected chi connectivity index (χ0v) is 19.0. The average molecular weight is 452 g/mol. The predicted molar refractivity (Wildman–Crippen MR) is 125 cm³/mol. The smallest absolute Gasteiger partial charge is 0.261 e. The number of hydrogen-bond donors (Lipinski definition) is 2. The van der Waals surface area contributed by atoms with Gasteiger partial charge in [0.1, 0.15) is 11.4 Å². The normalized spacial score (nSPS) is 14.0. The Morgan fingerprint density at radius 2 is 1.78 bits per heavy atom. The van der Waals surface area contributed by atoms with Crippen molar-refractivity contribution in [3.8, 4) is 0 Å². The van der Waals surface area contributed by atoms with E-state index in [1.54, 1.807) is 43.3 Å². The van der Waals surface area contributed by atoms with Gasteiger partial charge in [0, 0.05) is 5.92 Å². The van der Waals surface area contributed by atoms with E-state index in [1.165, 1.54) is 0 Å². The molecular weight excluding hydrogens is 426 g/mol. The first kappa shape index (κ1) is 21.8. The van der Waals surface area contributed by atoms with Crippen LogP contribution in [-0.4, -0.2) is 19.5 Å². The van der Waals surface area contributed by atoms with Gasteiger partial charge in [0.15, 0.2) is 5.76 Å². The van der Waals surface area contributed by atoms with E-state index < -0.39 is 10.0 Å². The number of carbonyl (C=O) groups excluding carboxylic acids is 1. The van der Waals surface area contributed by atoms with Gasteiger partial charge < -0.3 is 9.84 Å². The lowest BCUT2D eigenvalue weighted by Gasteiger charge is -2.11. The maximum Gasteiger partial charge on any atom is 0.261 e. The highest BCUT2D eigenvalue weighted by atomic mass is 32.2. The summed E-state index contributed by atoms with van der Waals surface area (Å²) in [6.07, 6.45) is 5.31. The summed E-state index contributed by atoms with van der Waals surface area (Å²) in [6.45, 7) is 5.54. The van der Waals surface area contributed by atoms with Gasteiger partial charge in [0.25, 0.3) is 10.0 Å². The van der Waals surface area contributed by atoms with E-state index in [9.17, 15) is 13.2 Å². The van der Waals surface area contributed by atoms with Crippen molar-refractivity contribution in [2.24, 2.45) is 5.92 Å². The summed E-state index contributed by atoms with van der Waals surface area (Å²) in [4.78, 5) is 12.3. The number of nitrogens with one attached hydrogen (secondary N) is 2. The van der Waals surface area contributed by atoms with Gasteiger partial charge in [-0.15, -0.1) is 0 Å². The van der Waals surface area contributed by atoms with E-state index in [1.807, 2.05) is 32.0 Å². The first-order chi connectivity index (χ1) is 15.2. The zero-order valence-electron chi connectivity index (χ0n) is 18.2. The molecular formula is C24H25N3O4S. The third-order valence-electron chi connectivity index (χ3n) is 5.34. The largest absolute Gasteiger partial charge is 0.354 e. The van der Waals surface area contributed by atoms with Crippen LogP contribution in [0.15, 0.2) is 51.9 Å². The van der Waals surface area contributed by atoms with Gasteiger partial charge in [-0.2, -0.15) is 0 Å². The van der Waals surface area contributed by atoms with Crippen LogP contribution in [0.1, 0.15) is 41.0 Å². The molecule has 166 valence electrons. The summed E-state index contributed by atoms with van der Waals surface area (Å²) >= 11 is 0. The van der Waals surface area contributed by atoms with Crippen molar-refractivity contribution >= 4 is 39.5 Å². The number of hydrogen-bond acceptors (Lipinski definition) is 5. The fourth-order valence-electron chi connectivity index (χ4n) is 3.20. The minimum Gasteiger partial charge on any atom is -0.354 e. The highest BCUT2D eigenvalue weighted by Gasteiger charge is 2.30. The van der Waals surface area contributed by atoms with Crippen molar-refractivity contribution in [3.63, 3.8) is 0 Å². The third kappa shape index (κ3) is 4.91. The number of nitrogens with zero attached hydrogens (tertiary/aromatic N) is 1. The minimum atomic E-state index is -3.71. The molecule has 1 aromatic heterocycles. The standard InChI is InChI=1S/C24H25N3O4S/c1-15-4-5-16(2)21(14-15)27-32(29,30)20-11-6-18(7-12-20)8-13-22-23(17(3)26-31-22)25-24(28)19-9-10-19/h4-8,11-14,19,27H,9-10H2,1-3H3,(H,25,28)/b13-8-. The second-order valence-corrected chi connectivity index (χ2v) is 9.78. The second kappa shape index (κ2) is 8.63. The minimum absolute atomic E-state index is 0.0168. The van der Waals surface area contributed by atoms with Gasteiger partial charge in [-0.05, 0) is 74.6 Å². The lowest BCUT2D eigenvalue weighted by Crippen LogP contribution is -2.14. The van der Waals surface area contributed by atoms with Crippen molar-refractivity contribution in [1.29, 1.82) is 0 Å². The van der Waals surface area contributed by atoms with Crippen LogP contribution < -0.4 is 10.0 Å². The van der Waals surface area contributed by atoms with Crippen LogP contribution in [0.3, 0.4) is 0 Å². The fourth-order valence-corrected chi connectivity index (χ4v) is 4.32. The van der Waals surface area contributed by atoms with Gasteiger partial charge in [0.2, 0.25) is 5.91 Å². The number of rotatable bonds is 7. The molecule has 2 aromatic carbocycles. The first-order valence-corrected chi connectivity index (χ1v) is 11.9. The average Bonchev–Trinajstić information content (AvgIpc) is 3.55. The van der Waals surface area contributed by atoms with Gasteiger partial charge >= 0.3 is 0 Å². The number of aryl methyl sites for hydroxylation is 3. The number of carbonyl (C=O) groups is 1. The molecule has 3 aromatic rings. The van der Waals surface area contributed by atoms with Gasteiger partial charge in [-0.3, -0.25) is 9.52 Å². The molecule has 0 aliphatic heterocycles. The Hall–Kier alpha value is -3.39. The SMILES string of the molecule is Cc1ccc(C)c(NS(=O)(=O)c2ccc(/C=C\c3onc(C)c3NC(=O)C3CC3)cc2)c1. The fraction of sp³-hybridized carbons (Fsp3) is 0.250. The molecule has 0 unspecified atom stereocenters. The second-order valence-electron chi connectivity index (χ2n) is 8.10. The van der Waals surface area contributed by atoms with Gasteiger partial charge in [-0.1, -0.05) is 35.5 Å². The Labute approximate surface area is 187 Å². The first-order valence-electron chi connectivity index (χ1n) is 10.4. The summed E-state index contributed by atoms with van der Waals surface area (Å²) in [7, 11) is -3.71. The van der Waals surface area contributed by atoms with Crippen molar-refractivity contribution in [2.45, 2.75) is 38.5 Å². The van der Waals surface area contributed by atoms with E-state index in [-0.39, 0.29) is 16.7 Å². The quantitative estimate of drug-likeness (QED) is 0.531. The van der Waals surface area contributed by atoms with Crippen LogP contribution in [0.25, 0.3) is 12.2 Å². The third-order valence-corrected chi connectivity index (χ3v) is 6.72. The van der Waals surface area contributed by atoms with Gasteiger partial charge in [0.05, 0.1) is 10.6 Å². The van der Waals surface area contributed by atoms with Crippen LogP contribution in [-0.2, 0) is 14.8 Å². The van der Waals surface area contributed by atoms with E-state index in [0.717, 1.165) is 29.5 Å². The molecule has 2 N–H and O–H groups in total. The van der Waals surface area contributed by atoms with Crippen molar-refractivity contribution < 1.29 is 17.7 Å². The molecule has 1 heterocycles. The van der Waals surface area contributed by atoms with Crippen LogP contribution in [0.5, 0.6) is 0 Å². The molecule has 1 amide bonds. The summed E-state index contributed by atoms with van der Waals surface area (Å²) in [5.74, 6) is 0.509. The number of anilines is 2. The van der Waals surface area contributed by atoms with Crippen LogP contribution >= 0.6 is 0 Å². The molecule has 1 aliphatic carbocycles. The molecule has 1 fully saturated rings. The van der Waals surface area contributed by atoms with Crippen molar-refractivity contribution in [3.05, 3.63) is 70.6 Å². The molecule has 8 heteroatoms. The maximum absolute atomic E-state index is 12.8. The highest BCUT2D eigenvalue weighted by Crippen LogP contribution is 2.32. The summed E-state index contributed by atoms with van der Waals surface area (Å²) in [6, 6.07) is 12.1. The van der Waals surface area contributed by atoms with Gasteiger partial charge in [-0.25, -0.2) is 8.42 Å². The number of benzene rings is 2. The molecule has 0 spiro atoms. The molecule has 0 atom stereocenters. The monoisotopic (exact) mass is 451 g/mol. The molecule has 0 saturated heterocycles. The lowest BCUT2D eigenvalue weighted by atomic mass is 10.1. The zero-order chi connectivity index (χ0) is 22.9. The van der Waals surface area contributed by atoms with Crippen LogP contribution in [0, 0.1) is 26.7 Å².